The van der Waals surface area contributed by atoms with E-state index in [1.807, 2.05) is 30.3 Å². The molecule has 0 unspecified atom stereocenters. The van der Waals surface area contributed by atoms with Crippen LogP contribution < -0.4 is 14.8 Å². The van der Waals surface area contributed by atoms with Crippen molar-refractivity contribution < 1.29 is 19.2 Å². The molecule has 3 aromatic rings. The second kappa shape index (κ2) is 9.89. The summed E-state index contributed by atoms with van der Waals surface area (Å²) in [6.07, 6.45) is 0. The number of nitrogens with zero attached hydrogens (tertiary/aromatic N) is 1. The van der Waals surface area contributed by atoms with Gasteiger partial charge in [-0.1, -0.05) is 42.5 Å². The predicted octanol–water partition coefficient (Wildman–Crippen LogP) is 3.98. The minimum atomic E-state index is -0.461. The molecule has 0 radical (unpaired) electrons. The molecular formula is C22H20N2O5. The van der Waals surface area contributed by atoms with Gasteiger partial charge >= 0.3 is 0 Å². The molecule has 7 nitrogen and oxygen atoms in total. The van der Waals surface area contributed by atoms with Gasteiger partial charge in [-0.05, 0) is 29.8 Å². The van der Waals surface area contributed by atoms with E-state index in [1.54, 1.807) is 36.4 Å². The molecule has 0 saturated carbocycles. The highest BCUT2D eigenvalue weighted by molar-refractivity contribution is 5.96. The zero-order valence-corrected chi connectivity index (χ0v) is 15.6. The molecule has 0 aliphatic rings. The molecule has 29 heavy (non-hydrogen) atoms. The van der Waals surface area contributed by atoms with Crippen molar-refractivity contribution in [1.29, 1.82) is 0 Å². The maximum absolute atomic E-state index is 12.5. The van der Waals surface area contributed by atoms with E-state index < -0.39 is 4.92 Å². The van der Waals surface area contributed by atoms with Crippen LogP contribution >= 0.6 is 0 Å². The number of carbonyl (C=O) groups excluding carboxylic acids is 1. The summed E-state index contributed by atoms with van der Waals surface area (Å²) < 4.78 is 11.3. The molecular weight excluding hydrogens is 372 g/mol. The van der Waals surface area contributed by atoms with Crippen LogP contribution in [0, 0.1) is 10.1 Å². The largest absolute Gasteiger partial charge is 0.490 e. The number of hydrogen-bond donors (Lipinski definition) is 1. The number of para-hydroxylation sites is 2. The van der Waals surface area contributed by atoms with E-state index in [0.717, 1.165) is 11.3 Å². The molecule has 0 aliphatic heterocycles. The molecule has 1 amide bonds. The summed E-state index contributed by atoms with van der Waals surface area (Å²) in [6.45, 7) is 0.895. The first-order chi connectivity index (χ1) is 14.1. The third-order valence-electron chi connectivity index (χ3n) is 4.08. The summed E-state index contributed by atoms with van der Waals surface area (Å²) >= 11 is 0. The van der Waals surface area contributed by atoms with E-state index in [2.05, 4.69) is 5.32 Å². The molecule has 3 rings (SSSR count). The molecule has 3 aromatic carbocycles. The Hall–Kier alpha value is -3.87. The number of carbonyl (C=O) groups is 1. The van der Waals surface area contributed by atoms with Crippen molar-refractivity contribution in [1.82, 2.24) is 5.32 Å². The Morgan fingerprint density at radius 2 is 1.52 bits per heavy atom. The highest BCUT2D eigenvalue weighted by Crippen LogP contribution is 2.18. The lowest BCUT2D eigenvalue weighted by Gasteiger charge is -2.12. The summed E-state index contributed by atoms with van der Waals surface area (Å²) in [6, 6.07) is 22.4. The standard InChI is InChI=1S/C22H20N2O5/c25-22(23-16-17-10-12-18(13-11-17)24(26)27)20-8-4-5-9-21(20)29-15-14-28-19-6-2-1-3-7-19/h1-13H,14-16H2,(H,23,25). The summed E-state index contributed by atoms with van der Waals surface area (Å²) in [5, 5.41) is 13.5. The topological polar surface area (TPSA) is 90.7 Å². The molecule has 0 spiro atoms. The highest BCUT2D eigenvalue weighted by atomic mass is 16.6. The van der Waals surface area contributed by atoms with Gasteiger partial charge in [0.05, 0.1) is 10.5 Å². The summed E-state index contributed by atoms with van der Waals surface area (Å²) in [5.41, 5.74) is 1.18. The van der Waals surface area contributed by atoms with E-state index in [1.165, 1.54) is 12.1 Å². The van der Waals surface area contributed by atoms with Crippen LogP contribution in [0.3, 0.4) is 0 Å². The van der Waals surface area contributed by atoms with Gasteiger partial charge in [-0.25, -0.2) is 0 Å². The molecule has 0 heterocycles. The first-order valence-corrected chi connectivity index (χ1v) is 9.04. The number of nitrogens with one attached hydrogen (secondary N) is 1. The Kier molecular flexibility index (Phi) is 6.78. The van der Waals surface area contributed by atoms with Crippen molar-refractivity contribution in [2.75, 3.05) is 13.2 Å². The number of amides is 1. The van der Waals surface area contributed by atoms with Gasteiger partial charge in [0.25, 0.3) is 11.6 Å². The number of non-ortho nitro benzene ring substituents is 1. The fourth-order valence-corrected chi connectivity index (χ4v) is 2.62. The summed E-state index contributed by atoms with van der Waals surface area (Å²) in [4.78, 5) is 22.8. The van der Waals surface area contributed by atoms with Gasteiger partial charge < -0.3 is 14.8 Å². The average molecular weight is 392 g/mol. The molecule has 0 atom stereocenters. The number of ether oxygens (including phenoxy) is 2. The van der Waals surface area contributed by atoms with Crippen molar-refractivity contribution in [2.45, 2.75) is 6.54 Å². The number of nitro groups is 1. The summed E-state index contributed by atoms with van der Waals surface area (Å²) in [5.74, 6) is 0.929. The second-order valence-electron chi connectivity index (χ2n) is 6.11. The third-order valence-corrected chi connectivity index (χ3v) is 4.08. The van der Waals surface area contributed by atoms with Crippen molar-refractivity contribution in [3.63, 3.8) is 0 Å². The smallest absolute Gasteiger partial charge is 0.269 e. The first kappa shape index (κ1) is 19.9. The minimum Gasteiger partial charge on any atom is -0.490 e. The fraction of sp³-hybridized carbons (Fsp3) is 0.136. The predicted molar refractivity (Wildman–Crippen MR) is 108 cm³/mol. The highest BCUT2D eigenvalue weighted by Gasteiger charge is 2.12. The van der Waals surface area contributed by atoms with Crippen LogP contribution in [0.25, 0.3) is 0 Å². The van der Waals surface area contributed by atoms with E-state index in [4.69, 9.17) is 9.47 Å². The van der Waals surface area contributed by atoms with Gasteiger partial charge in [0, 0.05) is 18.7 Å². The molecule has 148 valence electrons. The van der Waals surface area contributed by atoms with Crippen LogP contribution in [0.15, 0.2) is 78.9 Å². The van der Waals surface area contributed by atoms with E-state index in [0.29, 0.717) is 24.5 Å². The van der Waals surface area contributed by atoms with Gasteiger partial charge in [0.1, 0.15) is 24.7 Å². The first-order valence-electron chi connectivity index (χ1n) is 9.04. The number of rotatable bonds is 9. The normalized spacial score (nSPS) is 10.2. The van der Waals surface area contributed by atoms with Crippen LogP contribution in [0.4, 0.5) is 5.69 Å². The lowest BCUT2D eigenvalue weighted by molar-refractivity contribution is -0.384. The van der Waals surface area contributed by atoms with Gasteiger partial charge in [-0.15, -0.1) is 0 Å². The zero-order chi connectivity index (χ0) is 20.5. The SMILES string of the molecule is O=C(NCc1ccc([N+](=O)[O-])cc1)c1ccccc1OCCOc1ccccc1. The van der Waals surface area contributed by atoms with Crippen LogP contribution in [0.1, 0.15) is 15.9 Å². The van der Waals surface area contributed by atoms with Gasteiger partial charge in [-0.2, -0.15) is 0 Å². The van der Waals surface area contributed by atoms with Crippen LogP contribution in [0.2, 0.25) is 0 Å². The van der Waals surface area contributed by atoms with Gasteiger partial charge in [0.15, 0.2) is 0 Å². The molecule has 0 saturated heterocycles. The number of hydrogen-bond acceptors (Lipinski definition) is 5. The van der Waals surface area contributed by atoms with E-state index >= 15 is 0 Å². The Bertz CT molecular complexity index is 958. The molecule has 0 aromatic heterocycles. The van der Waals surface area contributed by atoms with Gasteiger partial charge in [-0.3, -0.25) is 14.9 Å². The van der Waals surface area contributed by atoms with Crippen LogP contribution in [0.5, 0.6) is 11.5 Å². The molecule has 7 heteroatoms. The van der Waals surface area contributed by atoms with Crippen LogP contribution in [-0.2, 0) is 6.54 Å². The maximum atomic E-state index is 12.5. The van der Waals surface area contributed by atoms with Crippen molar-refractivity contribution in [3.05, 3.63) is 100 Å². The third kappa shape index (κ3) is 5.80. The number of benzene rings is 3. The van der Waals surface area contributed by atoms with Crippen molar-refractivity contribution in [3.8, 4) is 11.5 Å². The fourth-order valence-electron chi connectivity index (χ4n) is 2.62. The number of nitro benzene ring substituents is 1. The Balaban J connectivity index is 1.53. The van der Waals surface area contributed by atoms with Crippen molar-refractivity contribution in [2.24, 2.45) is 0 Å². The monoisotopic (exact) mass is 392 g/mol. The van der Waals surface area contributed by atoms with Gasteiger partial charge in [0.2, 0.25) is 0 Å². The lowest BCUT2D eigenvalue weighted by Crippen LogP contribution is -2.23. The minimum absolute atomic E-state index is 0.0107. The average Bonchev–Trinajstić information content (AvgIpc) is 2.76. The van der Waals surface area contributed by atoms with Crippen LogP contribution in [-0.4, -0.2) is 24.0 Å². The molecule has 0 bridgehead atoms. The van der Waals surface area contributed by atoms with Crippen molar-refractivity contribution >= 4 is 11.6 Å². The van der Waals surface area contributed by atoms with E-state index in [9.17, 15) is 14.9 Å². The Labute approximate surface area is 168 Å². The molecule has 0 fully saturated rings. The lowest BCUT2D eigenvalue weighted by atomic mass is 10.1. The molecule has 0 aliphatic carbocycles. The second-order valence-corrected chi connectivity index (χ2v) is 6.11. The summed E-state index contributed by atoms with van der Waals surface area (Å²) in [7, 11) is 0. The quantitative estimate of drug-likeness (QED) is 0.338. The Morgan fingerprint density at radius 1 is 0.862 bits per heavy atom. The Morgan fingerprint density at radius 3 is 2.24 bits per heavy atom. The zero-order valence-electron chi connectivity index (χ0n) is 15.6. The van der Waals surface area contributed by atoms with E-state index in [-0.39, 0.29) is 18.1 Å². The maximum Gasteiger partial charge on any atom is 0.269 e. The molecule has 1 N–H and O–H groups in total.